The zero-order valence-corrected chi connectivity index (χ0v) is 26.0. The van der Waals surface area contributed by atoms with Gasteiger partial charge in [-0.15, -0.1) is 11.3 Å². The molecule has 1 nitrogen and oxygen atoms in total. The van der Waals surface area contributed by atoms with Gasteiger partial charge in [-0.3, -0.25) is 0 Å². The van der Waals surface area contributed by atoms with Crippen molar-refractivity contribution < 1.29 is 0 Å². The second-order valence-corrected chi connectivity index (χ2v) is 14.2. The first-order valence-corrected chi connectivity index (χ1v) is 16.6. The number of hydrogen-bond acceptors (Lipinski definition) is 2. The topological polar surface area (TPSA) is 4.93 Å². The molecular formula is C38H32BNS2. The molecule has 0 saturated heterocycles. The lowest BCUT2D eigenvalue weighted by Crippen LogP contribution is -2.57. The van der Waals surface area contributed by atoms with Gasteiger partial charge in [0.1, 0.15) is 0 Å². The molecule has 1 aliphatic heterocycles. The largest absolute Gasteiger partial charge is 0.308 e. The minimum Gasteiger partial charge on any atom is -0.308 e. The Hall–Kier alpha value is -3.73. The van der Waals surface area contributed by atoms with Gasteiger partial charge in [0.15, 0.2) is 0 Å². The third kappa shape index (κ3) is 3.85. The number of nitrogens with zero attached hydrogens (tertiary/aromatic N) is 1. The zero-order chi connectivity index (χ0) is 28.5. The fourth-order valence-corrected chi connectivity index (χ4v) is 9.42. The first kappa shape index (κ1) is 25.9. The van der Waals surface area contributed by atoms with E-state index in [0.29, 0.717) is 11.8 Å². The summed E-state index contributed by atoms with van der Waals surface area (Å²) in [6.45, 7) is 9.56. The van der Waals surface area contributed by atoms with Gasteiger partial charge in [-0.05, 0) is 53.3 Å². The average Bonchev–Trinajstić information content (AvgIpc) is 3.54. The number of rotatable bonds is 4. The van der Waals surface area contributed by atoms with E-state index >= 15 is 0 Å². The number of para-hydroxylation sites is 1. The Morgan fingerprint density at radius 3 is 2.07 bits per heavy atom. The molecule has 0 aliphatic carbocycles. The van der Waals surface area contributed by atoms with Crippen molar-refractivity contribution in [2.75, 3.05) is 0 Å². The molecule has 0 atom stereocenters. The van der Waals surface area contributed by atoms with E-state index in [-0.39, 0.29) is 6.71 Å². The summed E-state index contributed by atoms with van der Waals surface area (Å²) in [5.74, 6) is 0.907. The maximum atomic E-state index is 2.50. The van der Waals surface area contributed by atoms with Gasteiger partial charge in [0.05, 0.1) is 15.7 Å². The van der Waals surface area contributed by atoms with E-state index in [1.54, 1.807) is 0 Å². The Bertz CT molecular complexity index is 2120. The molecule has 8 rings (SSSR count). The van der Waals surface area contributed by atoms with Crippen LogP contribution in [0.3, 0.4) is 0 Å². The Morgan fingerprint density at radius 2 is 1.29 bits per heavy atom. The molecule has 1 aliphatic rings. The van der Waals surface area contributed by atoms with Crippen molar-refractivity contribution in [2.45, 2.75) is 49.3 Å². The van der Waals surface area contributed by atoms with Crippen molar-refractivity contribution in [3.8, 4) is 5.69 Å². The molecule has 5 aromatic carbocycles. The summed E-state index contributed by atoms with van der Waals surface area (Å²) in [6, 6.07) is 41.0. The maximum absolute atomic E-state index is 2.50. The zero-order valence-electron chi connectivity index (χ0n) is 24.4. The number of benzene rings is 5. The smallest absolute Gasteiger partial charge is 0.244 e. The second kappa shape index (κ2) is 9.93. The first-order chi connectivity index (χ1) is 20.5. The van der Waals surface area contributed by atoms with Gasteiger partial charge in [0.2, 0.25) is 6.71 Å². The predicted octanol–water partition coefficient (Wildman–Crippen LogP) is 9.23. The third-order valence-electron chi connectivity index (χ3n) is 8.91. The van der Waals surface area contributed by atoms with E-state index in [2.05, 4.69) is 141 Å². The quantitative estimate of drug-likeness (QED) is 0.189. The average molecular weight is 578 g/mol. The van der Waals surface area contributed by atoms with Crippen molar-refractivity contribution in [2.24, 2.45) is 0 Å². The molecule has 0 amide bonds. The highest BCUT2D eigenvalue weighted by Crippen LogP contribution is 2.43. The molecule has 0 N–H and O–H groups in total. The standard InChI is InChI=1S/C38H32BNS2/c1-23(2)26-14-11-15-27(24(3)4)36(26)39-30-16-7-10-19-34(30)41-35-22-25(20-21-31(35)39)40-32-17-8-5-12-28(32)38-37(40)29-13-6-9-18-33(29)42-38/h5-24H,1-4H3. The van der Waals surface area contributed by atoms with Crippen molar-refractivity contribution in [1.29, 1.82) is 0 Å². The minimum absolute atomic E-state index is 0.214. The summed E-state index contributed by atoms with van der Waals surface area (Å²) in [5.41, 5.74) is 11.1. The number of hydrogen-bond donors (Lipinski definition) is 0. The number of fused-ring (bicyclic) bond motifs is 7. The fourth-order valence-electron chi connectivity index (χ4n) is 7.03. The van der Waals surface area contributed by atoms with Crippen LogP contribution in [0.4, 0.5) is 0 Å². The van der Waals surface area contributed by atoms with Crippen molar-refractivity contribution in [3.63, 3.8) is 0 Å². The predicted molar refractivity (Wildman–Crippen MR) is 186 cm³/mol. The van der Waals surface area contributed by atoms with Crippen LogP contribution in [-0.4, -0.2) is 11.3 Å². The van der Waals surface area contributed by atoms with Crippen LogP contribution in [0.15, 0.2) is 119 Å². The van der Waals surface area contributed by atoms with Crippen LogP contribution in [0.25, 0.3) is 36.9 Å². The third-order valence-corrected chi connectivity index (χ3v) is 11.3. The molecule has 0 bridgehead atoms. The van der Waals surface area contributed by atoms with Crippen LogP contribution in [0.1, 0.15) is 50.7 Å². The van der Waals surface area contributed by atoms with Crippen LogP contribution in [0.5, 0.6) is 0 Å². The second-order valence-electron chi connectivity index (χ2n) is 12.1. The fraction of sp³-hybridized carbons (Fsp3) is 0.158. The molecule has 7 aromatic rings. The molecule has 0 radical (unpaired) electrons. The molecule has 204 valence electrons. The van der Waals surface area contributed by atoms with E-state index in [4.69, 9.17) is 0 Å². The van der Waals surface area contributed by atoms with Gasteiger partial charge < -0.3 is 4.57 Å². The van der Waals surface area contributed by atoms with Gasteiger partial charge in [-0.25, -0.2) is 0 Å². The summed E-state index contributed by atoms with van der Waals surface area (Å²) in [5, 5.41) is 2.66. The van der Waals surface area contributed by atoms with Crippen molar-refractivity contribution in [1.82, 2.24) is 4.57 Å². The van der Waals surface area contributed by atoms with Gasteiger partial charge >= 0.3 is 0 Å². The van der Waals surface area contributed by atoms with Gasteiger partial charge in [0, 0.05) is 31.0 Å². The summed E-state index contributed by atoms with van der Waals surface area (Å²) in [6.07, 6.45) is 0. The van der Waals surface area contributed by atoms with Gasteiger partial charge in [-0.2, -0.15) is 0 Å². The summed E-state index contributed by atoms with van der Waals surface area (Å²) >= 11 is 3.83. The highest BCUT2D eigenvalue weighted by molar-refractivity contribution is 8.00. The normalized spacial score (nSPS) is 13.0. The Kier molecular flexibility index (Phi) is 6.13. The van der Waals surface area contributed by atoms with E-state index in [1.165, 1.54) is 74.2 Å². The SMILES string of the molecule is CC(C)c1cccc(C(C)C)c1B1c2ccccc2Sc2cc(-n3c4ccccc4c4sc5ccccc5c43)ccc21. The molecule has 0 spiro atoms. The molecule has 4 heteroatoms. The molecule has 3 heterocycles. The molecule has 2 aromatic heterocycles. The minimum atomic E-state index is 0.214. The van der Waals surface area contributed by atoms with Gasteiger partial charge in [-0.1, -0.05) is 135 Å². The monoisotopic (exact) mass is 577 g/mol. The van der Waals surface area contributed by atoms with E-state index in [1.807, 2.05) is 23.1 Å². The first-order valence-electron chi connectivity index (χ1n) is 15.0. The lowest BCUT2D eigenvalue weighted by molar-refractivity contribution is 0.845. The van der Waals surface area contributed by atoms with E-state index < -0.39 is 0 Å². The Morgan fingerprint density at radius 1 is 0.619 bits per heavy atom. The lowest BCUT2D eigenvalue weighted by Gasteiger charge is -2.31. The number of thiophene rings is 1. The molecular weight excluding hydrogens is 545 g/mol. The molecule has 0 unspecified atom stereocenters. The van der Waals surface area contributed by atoms with Gasteiger partial charge in [0.25, 0.3) is 0 Å². The summed E-state index contributed by atoms with van der Waals surface area (Å²) in [7, 11) is 0. The highest BCUT2D eigenvalue weighted by Gasteiger charge is 2.35. The lowest BCUT2D eigenvalue weighted by atomic mass is 9.34. The van der Waals surface area contributed by atoms with Crippen molar-refractivity contribution in [3.05, 3.63) is 120 Å². The van der Waals surface area contributed by atoms with Crippen LogP contribution in [0, 0.1) is 0 Å². The molecule has 42 heavy (non-hydrogen) atoms. The molecule has 0 fully saturated rings. The van der Waals surface area contributed by atoms with Crippen LogP contribution < -0.4 is 16.4 Å². The highest BCUT2D eigenvalue weighted by atomic mass is 32.2. The van der Waals surface area contributed by atoms with E-state index in [0.717, 1.165) is 0 Å². The maximum Gasteiger partial charge on any atom is 0.244 e. The Balaban J connectivity index is 1.40. The summed E-state index contributed by atoms with van der Waals surface area (Å²) < 4.78 is 5.21. The van der Waals surface area contributed by atoms with Crippen LogP contribution in [-0.2, 0) is 0 Å². The van der Waals surface area contributed by atoms with Crippen LogP contribution >= 0.6 is 23.1 Å². The summed E-state index contributed by atoms with van der Waals surface area (Å²) in [4.78, 5) is 2.72. The Labute approximate surface area is 256 Å². The molecule has 0 saturated carbocycles. The number of aromatic nitrogens is 1. The van der Waals surface area contributed by atoms with Crippen molar-refractivity contribution >= 4 is 77.4 Å². The van der Waals surface area contributed by atoms with E-state index in [9.17, 15) is 0 Å². The van der Waals surface area contributed by atoms with Crippen LogP contribution in [0.2, 0.25) is 0 Å².